The fraction of sp³-hybridized carbons (Fsp3) is 0.320. The second-order valence-electron chi connectivity index (χ2n) is 8.55. The van der Waals surface area contributed by atoms with E-state index in [9.17, 15) is 14.4 Å². The SMILES string of the molecule is CCCCNC(=O)c1ccccc1N1C(=O)N2CCc3c([nH]c4ccccc34)[C@@]2(C)C1=O. The highest BCUT2D eigenvalue weighted by Crippen LogP contribution is 2.45. The quantitative estimate of drug-likeness (QED) is 0.475. The largest absolute Gasteiger partial charge is 0.356 e. The molecule has 0 spiro atoms. The predicted octanol–water partition coefficient (Wildman–Crippen LogP) is 3.94. The average Bonchev–Trinajstić information content (AvgIpc) is 3.28. The van der Waals surface area contributed by atoms with Gasteiger partial charge in [0.1, 0.15) is 0 Å². The Morgan fingerprint density at radius 2 is 1.88 bits per heavy atom. The highest BCUT2D eigenvalue weighted by Gasteiger charge is 2.59. The van der Waals surface area contributed by atoms with E-state index in [-0.39, 0.29) is 11.8 Å². The summed E-state index contributed by atoms with van der Waals surface area (Å²) in [6.45, 7) is 4.84. The third kappa shape index (κ3) is 2.77. The van der Waals surface area contributed by atoms with Gasteiger partial charge in [0.25, 0.3) is 11.8 Å². The van der Waals surface area contributed by atoms with Crippen molar-refractivity contribution in [3.05, 3.63) is 65.4 Å². The summed E-state index contributed by atoms with van der Waals surface area (Å²) in [6, 6.07) is 14.4. The van der Waals surface area contributed by atoms with Crippen molar-refractivity contribution in [1.82, 2.24) is 15.2 Å². The van der Waals surface area contributed by atoms with Crippen molar-refractivity contribution in [2.75, 3.05) is 18.0 Å². The fourth-order valence-electron chi connectivity index (χ4n) is 4.94. The molecule has 1 saturated heterocycles. The molecular weight excluding hydrogens is 404 g/mol. The van der Waals surface area contributed by atoms with Gasteiger partial charge in [0.05, 0.1) is 16.9 Å². The number of carbonyl (C=O) groups is 3. The van der Waals surface area contributed by atoms with E-state index in [0.717, 1.165) is 35.0 Å². The number of para-hydroxylation sites is 2. The lowest BCUT2D eigenvalue weighted by Gasteiger charge is -2.35. The third-order valence-electron chi connectivity index (χ3n) is 6.67. The second-order valence-corrected chi connectivity index (χ2v) is 8.55. The minimum absolute atomic E-state index is 0.282. The van der Waals surface area contributed by atoms with E-state index in [4.69, 9.17) is 0 Å². The number of hydrogen-bond donors (Lipinski definition) is 2. The molecule has 1 aromatic heterocycles. The first kappa shape index (κ1) is 20.3. The lowest BCUT2D eigenvalue weighted by atomic mass is 9.87. The molecule has 2 N–H and O–H groups in total. The van der Waals surface area contributed by atoms with Crippen molar-refractivity contribution < 1.29 is 14.4 Å². The summed E-state index contributed by atoms with van der Waals surface area (Å²) < 4.78 is 0. The maximum Gasteiger partial charge on any atom is 0.332 e. The molecule has 0 unspecified atom stereocenters. The molecule has 2 aromatic carbocycles. The standard InChI is InChI=1S/C25H26N4O3/c1-3-4-14-26-22(30)18-10-6-8-12-20(18)29-23(31)25(2)21-17(13-15-28(25)24(29)32)16-9-5-7-11-19(16)27-21/h5-12,27H,3-4,13-15H2,1-2H3,(H,26,30)/t25-/m0/s1. The first-order valence-corrected chi connectivity index (χ1v) is 11.1. The predicted molar refractivity (Wildman–Crippen MR) is 123 cm³/mol. The summed E-state index contributed by atoms with van der Waals surface area (Å²) in [7, 11) is 0. The Hall–Kier alpha value is -3.61. The normalized spacial score (nSPS) is 19.9. The number of nitrogens with one attached hydrogen (secondary N) is 2. The Morgan fingerprint density at radius 3 is 2.69 bits per heavy atom. The zero-order chi connectivity index (χ0) is 22.5. The zero-order valence-corrected chi connectivity index (χ0v) is 18.3. The van der Waals surface area contributed by atoms with E-state index < -0.39 is 11.6 Å². The van der Waals surface area contributed by atoms with Gasteiger partial charge in [-0.2, -0.15) is 0 Å². The summed E-state index contributed by atoms with van der Waals surface area (Å²) in [5, 5.41) is 3.97. The van der Waals surface area contributed by atoms with Crippen LogP contribution in [0.2, 0.25) is 0 Å². The van der Waals surface area contributed by atoms with Crippen LogP contribution in [0.3, 0.4) is 0 Å². The van der Waals surface area contributed by atoms with Gasteiger partial charge in [0, 0.05) is 24.0 Å². The van der Waals surface area contributed by atoms with E-state index in [1.54, 1.807) is 36.1 Å². The van der Waals surface area contributed by atoms with Crippen LogP contribution >= 0.6 is 0 Å². The van der Waals surface area contributed by atoms with Crippen molar-refractivity contribution in [2.24, 2.45) is 0 Å². The monoisotopic (exact) mass is 430 g/mol. The Labute approximate surface area is 186 Å². The number of fused-ring (bicyclic) bond motifs is 5. The maximum atomic E-state index is 13.9. The number of amides is 4. The van der Waals surface area contributed by atoms with Crippen LogP contribution in [0.1, 0.15) is 48.3 Å². The van der Waals surface area contributed by atoms with Crippen molar-refractivity contribution >= 4 is 34.4 Å². The van der Waals surface area contributed by atoms with Gasteiger partial charge in [-0.25, -0.2) is 9.69 Å². The number of unbranched alkanes of at least 4 members (excludes halogenated alkanes) is 1. The first-order valence-electron chi connectivity index (χ1n) is 11.1. The number of rotatable bonds is 5. The van der Waals surface area contributed by atoms with Crippen molar-refractivity contribution in [2.45, 2.75) is 38.6 Å². The Kier molecular flexibility index (Phi) is 4.77. The van der Waals surface area contributed by atoms with Gasteiger partial charge in [0.2, 0.25) is 0 Å². The minimum atomic E-state index is -1.14. The molecule has 32 heavy (non-hydrogen) atoms. The zero-order valence-electron chi connectivity index (χ0n) is 18.3. The maximum absolute atomic E-state index is 13.9. The van der Waals surface area contributed by atoms with Crippen LogP contribution in [-0.4, -0.2) is 40.8 Å². The number of urea groups is 1. The Morgan fingerprint density at radius 1 is 1.12 bits per heavy atom. The molecule has 2 aliphatic rings. The molecule has 0 saturated carbocycles. The van der Waals surface area contributed by atoms with E-state index in [1.807, 2.05) is 24.3 Å². The molecule has 7 heteroatoms. The van der Waals surface area contributed by atoms with Crippen LogP contribution in [0, 0.1) is 0 Å². The van der Waals surface area contributed by atoms with Crippen molar-refractivity contribution in [3.8, 4) is 0 Å². The topological polar surface area (TPSA) is 85.5 Å². The molecule has 0 aliphatic carbocycles. The van der Waals surface area contributed by atoms with Crippen molar-refractivity contribution in [3.63, 3.8) is 0 Å². The van der Waals surface area contributed by atoms with E-state index >= 15 is 0 Å². The number of nitrogens with zero attached hydrogens (tertiary/aromatic N) is 2. The summed E-state index contributed by atoms with van der Waals surface area (Å²) in [6.07, 6.45) is 2.50. The van der Waals surface area contributed by atoms with Gasteiger partial charge < -0.3 is 15.2 Å². The van der Waals surface area contributed by atoms with E-state index in [2.05, 4.69) is 17.2 Å². The molecule has 3 aromatic rings. The second kappa shape index (κ2) is 7.51. The Bertz CT molecular complexity index is 1250. The third-order valence-corrected chi connectivity index (χ3v) is 6.67. The van der Waals surface area contributed by atoms with Gasteiger partial charge in [-0.15, -0.1) is 0 Å². The summed E-state index contributed by atoms with van der Waals surface area (Å²) in [4.78, 5) is 46.4. The first-order chi connectivity index (χ1) is 15.5. The van der Waals surface area contributed by atoms with E-state index in [0.29, 0.717) is 30.8 Å². The molecule has 5 rings (SSSR count). The van der Waals surface area contributed by atoms with Gasteiger partial charge in [-0.05, 0) is 43.5 Å². The summed E-state index contributed by atoms with van der Waals surface area (Å²) in [5.41, 5.74) is 2.30. The average molecular weight is 431 g/mol. The lowest BCUT2D eigenvalue weighted by Crippen LogP contribution is -2.49. The van der Waals surface area contributed by atoms with Crippen LogP contribution in [0.5, 0.6) is 0 Å². The van der Waals surface area contributed by atoms with Crippen LogP contribution in [-0.2, 0) is 16.8 Å². The molecule has 7 nitrogen and oxygen atoms in total. The van der Waals surface area contributed by atoms with E-state index in [1.165, 1.54) is 4.90 Å². The molecule has 2 aliphatic heterocycles. The summed E-state index contributed by atoms with van der Waals surface area (Å²) in [5.74, 6) is -0.625. The number of hydrogen-bond acceptors (Lipinski definition) is 3. The number of imide groups is 1. The van der Waals surface area contributed by atoms with Gasteiger partial charge in [0.15, 0.2) is 5.54 Å². The minimum Gasteiger partial charge on any atom is -0.356 e. The number of carbonyl (C=O) groups excluding carboxylic acids is 3. The number of anilines is 1. The van der Waals surface area contributed by atoms with Crippen LogP contribution in [0.25, 0.3) is 10.9 Å². The molecular formula is C25H26N4O3. The van der Waals surface area contributed by atoms with Crippen molar-refractivity contribution in [1.29, 1.82) is 0 Å². The molecule has 0 bridgehead atoms. The molecule has 164 valence electrons. The molecule has 3 heterocycles. The van der Waals surface area contributed by atoms with Gasteiger partial charge in [-0.1, -0.05) is 43.7 Å². The van der Waals surface area contributed by atoms with Crippen LogP contribution < -0.4 is 10.2 Å². The van der Waals surface area contributed by atoms with Gasteiger partial charge >= 0.3 is 6.03 Å². The number of aromatic nitrogens is 1. The molecule has 1 atom stereocenters. The van der Waals surface area contributed by atoms with Crippen LogP contribution in [0.15, 0.2) is 48.5 Å². The number of aromatic amines is 1. The highest BCUT2D eigenvalue weighted by molar-refractivity contribution is 6.25. The molecule has 4 amide bonds. The fourth-order valence-corrected chi connectivity index (χ4v) is 4.94. The summed E-state index contributed by atoms with van der Waals surface area (Å²) >= 11 is 0. The highest BCUT2D eigenvalue weighted by atomic mass is 16.2. The molecule has 0 radical (unpaired) electrons. The molecule has 1 fully saturated rings. The number of H-pyrrole nitrogens is 1. The van der Waals surface area contributed by atoms with Crippen LogP contribution in [0.4, 0.5) is 10.5 Å². The lowest BCUT2D eigenvalue weighted by molar-refractivity contribution is -0.125. The van der Waals surface area contributed by atoms with Gasteiger partial charge in [-0.3, -0.25) is 9.59 Å². The number of benzene rings is 2. The smallest absolute Gasteiger partial charge is 0.332 e. The Balaban J connectivity index is 1.58.